The summed E-state index contributed by atoms with van der Waals surface area (Å²) in [4.78, 5) is 39.9. The van der Waals surface area contributed by atoms with E-state index in [-0.39, 0.29) is 34.4 Å². The number of nitrogens with one attached hydrogen (secondary N) is 2. The molecule has 6 N–H and O–H groups in total. The lowest BCUT2D eigenvalue weighted by atomic mass is 9.71. The predicted molar refractivity (Wildman–Crippen MR) is 151 cm³/mol. The van der Waals surface area contributed by atoms with Gasteiger partial charge < -0.3 is 30.7 Å². The maximum absolute atomic E-state index is 14.3. The molecule has 13 heteroatoms. The molecule has 0 saturated heterocycles. The van der Waals surface area contributed by atoms with Gasteiger partial charge >= 0.3 is 14.2 Å². The topological polar surface area (TPSA) is 156 Å². The number of unbranched alkanes of at least 4 members (excludes halogenated alkanes) is 2. The second-order valence-corrected chi connectivity index (χ2v) is 10.6. The van der Waals surface area contributed by atoms with E-state index in [1.165, 1.54) is 6.07 Å². The minimum atomic E-state index is -2.01. The van der Waals surface area contributed by atoms with E-state index < -0.39 is 55.4 Å². The highest BCUT2D eigenvalue weighted by Gasteiger charge is 2.39. The fraction of sp³-hybridized carbons (Fsp3) is 0.464. The summed E-state index contributed by atoms with van der Waals surface area (Å²) < 4.78 is 28.4. The van der Waals surface area contributed by atoms with Crippen molar-refractivity contribution in [3.8, 4) is 0 Å². The van der Waals surface area contributed by atoms with Crippen LogP contribution in [0.15, 0.2) is 36.4 Å². The Bertz CT molecular complexity index is 1230. The monoisotopic (exact) mass is 572 g/mol. The van der Waals surface area contributed by atoms with Crippen LogP contribution in [0.5, 0.6) is 0 Å². The molecule has 0 aromatic heterocycles. The van der Waals surface area contributed by atoms with Gasteiger partial charge in [-0.2, -0.15) is 0 Å². The lowest BCUT2D eigenvalue weighted by molar-refractivity contribution is -0.122. The van der Waals surface area contributed by atoms with Crippen molar-refractivity contribution < 1.29 is 43.3 Å². The third-order valence-corrected chi connectivity index (χ3v) is 7.48. The zero-order valence-electron chi connectivity index (χ0n) is 23.0. The first kappa shape index (κ1) is 32.4. The molecule has 0 radical (unpaired) electrons. The van der Waals surface area contributed by atoms with Crippen LogP contribution in [0.4, 0.5) is 8.78 Å². The molecule has 3 atom stereocenters. The largest absolute Gasteiger partial charge is 0.488 e. The fourth-order valence-corrected chi connectivity index (χ4v) is 5.40. The Balaban J connectivity index is 1.91. The number of benzene rings is 2. The number of amides is 2. The highest BCUT2D eigenvalue weighted by Crippen LogP contribution is 2.35. The Morgan fingerprint density at radius 1 is 0.878 bits per heavy atom. The summed E-state index contributed by atoms with van der Waals surface area (Å²) in [5, 5.41) is 43.6. The molecule has 220 valence electrons. The molecule has 0 spiro atoms. The second kappa shape index (κ2) is 15.2. The van der Waals surface area contributed by atoms with E-state index >= 15 is 0 Å². The summed E-state index contributed by atoms with van der Waals surface area (Å²) in [5.74, 6) is -4.82. The minimum absolute atomic E-state index is 0.126. The summed E-state index contributed by atoms with van der Waals surface area (Å²) in [6.07, 6.45) is 4.79. The highest BCUT2D eigenvalue weighted by molar-refractivity contribution is 6.59. The molecule has 1 aliphatic rings. The zero-order valence-corrected chi connectivity index (χ0v) is 23.0. The average molecular weight is 572 g/mol. The van der Waals surface area contributed by atoms with Gasteiger partial charge in [-0.3, -0.25) is 14.4 Å². The third-order valence-electron chi connectivity index (χ3n) is 7.48. The second-order valence-electron chi connectivity index (χ2n) is 10.6. The number of ketones is 1. The van der Waals surface area contributed by atoms with Gasteiger partial charge in [0.15, 0.2) is 5.78 Å². The first-order chi connectivity index (χ1) is 19.5. The van der Waals surface area contributed by atoms with E-state index in [1.807, 2.05) is 6.92 Å². The number of hydrogen-bond acceptors (Lipinski definition) is 7. The Morgan fingerprint density at radius 2 is 1.46 bits per heavy atom. The van der Waals surface area contributed by atoms with Gasteiger partial charge in [-0.25, -0.2) is 8.78 Å². The molecular formula is C28H36B2F2N2O7. The van der Waals surface area contributed by atoms with E-state index in [0.29, 0.717) is 25.8 Å². The van der Waals surface area contributed by atoms with Gasteiger partial charge in [0.2, 0.25) is 5.91 Å². The van der Waals surface area contributed by atoms with E-state index in [1.54, 1.807) is 0 Å². The van der Waals surface area contributed by atoms with E-state index in [4.69, 9.17) is 0 Å². The summed E-state index contributed by atoms with van der Waals surface area (Å²) in [7, 11) is -3.99. The average Bonchev–Trinajstić information content (AvgIpc) is 2.93. The molecule has 3 unspecified atom stereocenters. The highest BCUT2D eigenvalue weighted by atomic mass is 19.1. The minimum Gasteiger partial charge on any atom is -0.423 e. The summed E-state index contributed by atoms with van der Waals surface area (Å²) in [6.45, 7) is 2.46. The lowest BCUT2D eigenvalue weighted by Gasteiger charge is -2.37. The van der Waals surface area contributed by atoms with Crippen molar-refractivity contribution in [1.29, 1.82) is 0 Å². The Labute approximate surface area is 238 Å². The fourth-order valence-electron chi connectivity index (χ4n) is 5.40. The summed E-state index contributed by atoms with van der Waals surface area (Å²) in [5.41, 5.74) is -0.673. The van der Waals surface area contributed by atoms with Gasteiger partial charge in [0.05, 0.1) is 0 Å². The smallest absolute Gasteiger partial charge is 0.423 e. The first-order valence-electron chi connectivity index (χ1n) is 13.9. The molecule has 9 nitrogen and oxygen atoms in total. The maximum Gasteiger partial charge on any atom is 0.488 e. The van der Waals surface area contributed by atoms with Gasteiger partial charge in [-0.15, -0.1) is 0 Å². The number of rotatable bonds is 13. The number of halogens is 2. The molecule has 2 amide bonds. The Kier molecular flexibility index (Phi) is 12.0. The summed E-state index contributed by atoms with van der Waals surface area (Å²) in [6, 6.07) is 5.46. The van der Waals surface area contributed by atoms with Crippen molar-refractivity contribution in [2.75, 3.05) is 6.54 Å². The molecule has 1 fully saturated rings. The van der Waals surface area contributed by atoms with Crippen LogP contribution in [0.1, 0.15) is 79.0 Å². The molecule has 0 heterocycles. The van der Waals surface area contributed by atoms with Crippen LogP contribution in [-0.2, 0) is 4.79 Å². The third kappa shape index (κ3) is 9.19. The van der Waals surface area contributed by atoms with E-state index in [2.05, 4.69) is 10.6 Å². The number of Topliss-reactive ketones (excluding diaryl/α,β-unsaturated/α-hetero) is 1. The molecule has 0 bridgehead atoms. The van der Waals surface area contributed by atoms with Crippen molar-refractivity contribution in [2.45, 2.75) is 64.3 Å². The number of hydrogen-bond donors (Lipinski definition) is 6. The SMILES string of the molecule is CCCCCNC(=O)CC(C(=O)c1cc(F)cc(B(O)O)c1)C1CCCCC1NC(=O)c1cc(F)cc(B(O)O)c1. The van der Waals surface area contributed by atoms with Crippen LogP contribution in [-0.4, -0.2) is 64.5 Å². The van der Waals surface area contributed by atoms with Gasteiger partial charge in [0, 0.05) is 36.1 Å². The van der Waals surface area contributed by atoms with Gasteiger partial charge in [-0.1, -0.05) is 38.7 Å². The van der Waals surface area contributed by atoms with Crippen LogP contribution in [0.3, 0.4) is 0 Å². The first-order valence-corrected chi connectivity index (χ1v) is 13.9. The molecule has 41 heavy (non-hydrogen) atoms. The predicted octanol–water partition coefficient (Wildman–Crippen LogP) is 0.809. The van der Waals surface area contributed by atoms with Crippen molar-refractivity contribution in [1.82, 2.24) is 10.6 Å². The quantitative estimate of drug-likeness (QED) is 0.118. The van der Waals surface area contributed by atoms with Gasteiger partial charge in [0.25, 0.3) is 5.91 Å². The lowest BCUT2D eigenvalue weighted by Crippen LogP contribution is -2.48. The van der Waals surface area contributed by atoms with Crippen molar-refractivity contribution in [3.63, 3.8) is 0 Å². The van der Waals surface area contributed by atoms with Crippen LogP contribution in [0.2, 0.25) is 0 Å². The Hall–Kier alpha value is -3.12. The van der Waals surface area contributed by atoms with Crippen LogP contribution < -0.4 is 21.6 Å². The van der Waals surface area contributed by atoms with Crippen molar-refractivity contribution in [2.24, 2.45) is 11.8 Å². The molecular weight excluding hydrogens is 536 g/mol. The number of carbonyl (C=O) groups excluding carboxylic acids is 3. The summed E-state index contributed by atoms with van der Waals surface area (Å²) >= 11 is 0. The standard InChI is InChI=1S/C28H36B2F2N2O7/c1-2-3-6-9-33-26(35)16-24(27(36)17-10-19(29(38)39)14-21(31)12-17)23-7-4-5-8-25(23)34-28(37)18-11-20(30(40)41)15-22(32)13-18/h10-15,23-25,38-41H,2-9,16H2,1H3,(H,33,35)(H,34,37). The van der Waals surface area contributed by atoms with Crippen LogP contribution in [0.25, 0.3) is 0 Å². The molecule has 1 aliphatic carbocycles. The van der Waals surface area contributed by atoms with Crippen molar-refractivity contribution in [3.05, 3.63) is 59.2 Å². The van der Waals surface area contributed by atoms with Crippen LogP contribution in [0, 0.1) is 23.5 Å². The van der Waals surface area contributed by atoms with Gasteiger partial charge in [0.1, 0.15) is 11.6 Å². The van der Waals surface area contributed by atoms with Gasteiger partial charge in [-0.05, 0) is 66.4 Å². The molecule has 0 aliphatic heterocycles. The maximum atomic E-state index is 14.3. The van der Waals surface area contributed by atoms with E-state index in [0.717, 1.165) is 56.0 Å². The molecule has 2 aromatic rings. The van der Waals surface area contributed by atoms with Crippen LogP contribution >= 0.6 is 0 Å². The Morgan fingerprint density at radius 3 is 2.07 bits per heavy atom. The molecule has 3 rings (SSSR count). The van der Waals surface area contributed by atoms with Crippen molar-refractivity contribution >= 4 is 42.8 Å². The van der Waals surface area contributed by atoms with E-state index in [9.17, 15) is 43.3 Å². The molecule has 2 aromatic carbocycles. The normalized spacial score (nSPS) is 17.4. The number of carbonyl (C=O) groups is 3. The zero-order chi connectivity index (χ0) is 30.1. The molecule has 1 saturated carbocycles.